The van der Waals surface area contributed by atoms with Gasteiger partial charge < -0.3 is 15.1 Å². The van der Waals surface area contributed by atoms with E-state index < -0.39 is 0 Å². The standard InChI is InChI=1S/C17H28N6O/c1-4-6-21(3)17(24)16-12-22-7-5-13(16)8-15(22)11-23-10-14(9-18-2)19-20-23/h4,10,13,15-16,18H,1,5-9,11-12H2,2-3H3/p+2/t13-,15-,16+/m1/s1. The number of hydrogen-bond donors (Lipinski definition) is 2. The highest BCUT2D eigenvalue weighted by molar-refractivity contribution is 5.79. The molecule has 0 radical (unpaired) electrons. The molecule has 3 aliphatic rings. The first-order valence-electron chi connectivity index (χ1n) is 8.99. The number of nitrogens with one attached hydrogen (secondary N) is 1. The Hall–Kier alpha value is -1.73. The quantitative estimate of drug-likeness (QED) is 0.562. The molecule has 24 heavy (non-hydrogen) atoms. The number of likely N-dealkylation sites (N-methyl/N-ethyl adjacent to an activating group) is 1. The zero-order valence-electron chi connectivity index (χ0n) is 14.8. The normalized spacial score (nSPS) is 28.8. The van der Waals surface area contributed by atoms with Crippen molar-refractivity contribution in [1.82, 2.24) is 19.9 Å². The summed E-state index contributed by atoms with van der Waals surface area (Å²) in [4.78, 5) is 16.0. The van der Waals surface area contributed by atoms with E-state index in [2.05, 4.69) is 28.4 Å². The molecule has 2 bridgehead atoms. The molecule has 3 N–H and O–H groups in total. The summed E-state index contributed by atoms with van der Waals surface area (Å²) in [6, 6.07) is 0.553. The highest BCUT2D eigenvalue weighted by atomic mass is 16.2. The zero-order valence-corrected chi connectivity index (χ0v) is 14.8. The molecule has 7 heteroatoms. The number of carbonyl (C=O) groups is 1. The number of carbonyl (C=O) groups excluding carboxylic acids is 1. The molecule has 0 saturated carbocycles. The van der Waals surface area contributed by atoms with E-state index in [1.165, 1.54) is 6.54 Å². The van der Waals surface area contributed by atoms with Crippen molar-refractivity contribution < 1.29 is 15.0 Å². The van der Waals surface area contributed by atoms with Crippen LogP contribution in [-0.4, -0.2) is 65.6 Å². The van der Waals surface area contributed by atoms with Gasteiger partial charge in [0, 0.05) is 26.4 Å². The number of nitrogens with zero attached hydrogens (tertiary/aromatic N) is 4. The first-order valence-corrected chi connectivity index (χ1v) is 8.99. The van der Waals surface area contributed by atoms with Crippen molar-refractivity contribution in [3.8, 4) is 0 Å². The zero-order chi connectivity index (χ0) is 17.1. The van der Waals surface area contributed by atoms with Gasteiger partial charge in [-0.15, -0.1) is 11.7 Å². The molecule has 1 aromatic rings. The number of hydrogen-bond acceptors (Lipinski definition) is 3. The third-order valence-corrected chi connectivity index (χ3v) is 5.56. The SMILES string of the molecule is C=CCN(C)C(=O)[C@H]1C[NH+]2CC[C@@H]1C[C@@H]2Cn1cc(C[NH2+]C)nn1. The minimum Gasteiger partial charge on any atom is -0.344 e. The van der Waals surface area contributed by atoms with Crippen molar-refractivity contribution >= 4 is 5.91 Å². The Labute approximate surface area is 143 Å². The van der Waals surface area contributed by atoms with Crippen LogP contribution in [0.3, 0.4) is 0 Å². The van der Waals surface area contributed by atoms with Crippen molar-refractivity contribution in [3.63, 3.8) is 0 Å². The number of fused-ring (bicyclic) bond motifs is 3. The lowest BCUT2D eigenvalue weighted by atomic mass is 9.75. The van der Waals surface area contributed by atoms with Gasteiger partial charge in [-0.2, -0.15) is 0 Å². The molecule has 3 saturated heterocycles. The average Bonchev–Trinajstić information content (AvgIpc) is 3.02. The second kappa shape index (κ2) is 7.44. The van der Waals surface area contributed by atoms with Gasteiger partial charge in [0.25, 0.3) is 0 Å². The summed E-state index contributed by atoms with van der Waals surface area (Å²) in [6.45, 7) is 8.28. The maximum Gasteiger partial charge on any atom is 0.231 e. The molecule has 4 rings (SSSR count). The third-order valence-electron chi connectivity index (χ3n) is 5.56. The second-order valence-electron chi connectivity index (χ2n) is 7.25. The third kappa shape index (κ3) is 3.52. The lowest BCUT2D eigenvalue weighted by molar-refractivity contribution is -0.945. The second-order valence-corrected chi connectivity index (χ2v) is 7.25. The Morgan fingerprint density at radius 2 is 2.46 bits per heavy atom. The first-order chi connectivity index (χ1) is 11.6. The van der Waals surface area contributed by atoms with Gasteiger partial charge in [-0.05, 0) is 5.92 Å². The Kier molecular flexibility index (Phi) is 5.30. The van der Waals surface area contributed by atoms with Gasteiger partial charge in [-0.25, -0.2) is 4.68 Å². The van der Waals surface area contributed by atoms with E-state index >= 15 is 0 Å². The number of quaternary nitrogens is 2. The van der Waals surface area contributed by atoms with E-state index in [-0.39, 0.29) is 11.8 Å². The van der Waals surface area contributed by atoms with Crippen LogP contribution < -0.4 is 10.2 Å². The van der Waals surface area contributed by atoms with E-state index in [0.717, 1.165) is 38.2 Å². The Bertz CT molecular complexity index is 585. The fourth-order valence-electron chi connectivity index (χ4n) is 4.32. The molecule has 4 heterocycles. The summed E-state index contributed by atoms with van der Waals surface area (Å²) in [7, 11) is 3.92. The minimum absolute atomic E-state index is 0.177. The van der Waals surface area contributed by atoms with E-state index in [4.69, 9.17) is 0 Å². The van der Waals surface area contributed by atoms with Gasteiger partial charge in [-0.1, -0.05) is 11.3 Å². The van der Waals surface area contributed by atoms with Crippen LogP contribution in [0.1, 0.15) is 18.5 Å². The van der Waals surface area contributed by atoms with Gasteiger partial charge in [0.1, 0.15) is 18.3 Å². The molecular formula is C17H30N6O+2. The monoisotopic (exact) mass is 334 g/mol. The van der Waals surface area contributed by atoms with Crippen molar-refractivity contribution in [2.45, 2.75) is 32.0 Å². The molecule has 3 aliphatic heterocycles. The topological polar surface area (TPSA) is 72.1 Å². The molecule has 1 amide bonds. The fraction of sp³-hybridized carbons (Fsp3) is 0.706. The van der Waals surface area contributed by atoms with E-state index in [0.29, 0.717) is 18.5 Å². The summed E-state index contributed by atoms with van der Waals surface area (Å²) in [6.07, 6.45) is 6.13. The molecule has 1 aromatic heterocycles. The van der Waals surface area contributed by atoms with Crippen LogP contribution in [-0.2, 0) is 17.9 Å². The van der Waals surface area contributed by atoms with Gasteiger partial charge in [-0.3, -0.25) is 4.79 Å². The van der Waals surface area contributed by atoms with Crippen LogP contribution in [0.25, 0.3) is 0 Å². The summed E-state index contributed by atoms with van der Waals surface area (Å²) >= 11 is 0. The molecule has 4 atom stereocenters. The van der Waals surface area contributed by atoms with Crippen molar-refractivity contribution in [3.05, 3.63) is 24.5 Å². The van der Waals surface area contributed by atoms with E-state index in [1.807, 2.05) is 23.7 Å². The molecular weight excluding hydrogens is 304 g/mol. The summed E-state index contributed by atoms with van der Waals surface area (Å²) < 4.78 is 1.98. The smallest absolute Gasteiger partial charge is 0.231 e. The van der Waals surface area contributed by atoms with Gasteiger partial charge in [0.2, 0.25) is 5.91 Å². The first kappa shape index (κ1) is 17.1. The van der Waals surface area contributed by atoms with Crippen LogP contribution in [0.15, 0.2) is 18.9 Å². The van der Waals surface area contributed by atoms with Gasteiger partial charge in [0.05, 0.1) is 38.8 Å². The Morgan fingerprint density at radius 3 is 3.12 bits per heavy atom. The van der Waals surface area contributed by atoms with Gasteiger partial charge >= 0.3 is 0 Å². The highest BCUT2D eigenvalue weighted by Crippen LogP contribution is 2.28. The molecule has 132 valence electrons. The lowest BCUT2D eigenvalue weighted by Crippen LogP contribution is -3.20. The Morgan fingerprint density at radius 1 is 1.62 bits per heavy atom. The number of nitrogens with two attached hydrogens (primary N) is 1. The molecule has 3 fully saturated rings. The molecule has 0 spiro atoms. The Balaban J connectivity index is 1.60. The van der Waals surface area contributed by atoms with Crippen LogP contribution in [0.4, 0.5) is 0 Å². The van der Waals surface area contributed by atoms with Crippen molar-refractivity contribution in [2.75, 3.05) is 33.7 Å². The highest BCUT2D eigenvalue weighted by Gasteiger charge is 2.47. The van der Waals surface area contributed by atoms with Crippen molar-refractivity contribution in [1.29, 1.82) is 0 Å². The van der Waals surface area contributed by atoms with Crippen LogP contribution in [0.5, 0.6) is 0 Å². The lowest BCUT2D eigenvalue weighted by Gasteiger charge is -2.46. The largest absolute Gasteiger partial charge is 0.344 e. The molecule has 1 unspecified atom stereocenters. The van der Waals surface area contributed by atoms with E-state index in [9.17, 15) is 4.79 Å². The van der Waals surface area contributed by atoms with Gasteiger partial charge in [0.15, 0.2) is 0 Å². The molecule has 0 aliphatic carbocycles. The van der Waals surface area contributed by atoms with Crippen LogP contribution in [0, 0.1) is 11.8 Å². The van der Waals surface area contributed by atoms with E-state index in [1.54, 1.807) is 11.0 Å². The number of aromatic nitrogens is 3. The summed E-state index contributed by atoms with van der Waals surface area (Å²) in [5.41, 5.74) is 1.03. The van der Waals surface area contributed by atoms with Crippen LogP contribution >= 0.6 is 0 Å². The number of amides is 1. The number of piperidine rings is 3. The minimum atomic E-state index is 0.177. The average molecular weight is 334 g/mol. The fourth-order valence-corrected chi connectivity index (χ4v) is 4.32. The number of rotatable bonds is 7. The summed E-state index contributed by atoms with van der Waals surface area (Å²) in [5.74, 6) is 0.979. The predicted molar refractivity (Wildman–Crippen MR) is 90.1 cm³/mol. The maximum atomic E-state index is 12.7. The summed E-state index contributed by atoms with van der Waals surface area (Å²) in [5, 5.41) is 10.6. The maximum absolute atomic E-state index is 12.7. The van der Waals surface area contributed by atoms with Crippen LogP contribution in [0.2, 0.25) is 0 Å². The molecule has 0 aromatic carbocycles. The predicted octanol–water partition coefficient (Wildman–Crippen LogP) is -2.09. The van der Waals surface area contributed by atoms with Crippen molar-refractivity contribution in [2.24, 2.45) is 11.8 Å². The molecule has 7 nitrogen and oxygen atoms in total.